The van der Waals surface area contributed by atoms with Crippen molar-refractivity contribution in [3.63, 3.8) is 0 Å². The number of alkyl halides is 12. The first-order valence-corrected chi connectivity index (χ1v) is 20.4. The molecule has 0 spiro atoms. The molecule has 7 aromatic carbocycles. The van der Waals surface area contributed by atoms with Gasteiger partial charge in [-0.3, -0.25) is 0 Å². The lowest BCUT2D eigenvalue weighted by atomic mass is 9.97. The van der Waals surface area contributed by atoms with Crippen LogP contribution in [0.4, 0.5) is 52.7 Å². The molecular formula is C52H26F12N4. The number of pyridine rings is 1. The van der Waals surface area contributed by atoms with E-state index in [2.05, 4.69) is 6.07 Å². The number of benzene rings is 7. The average molecular weight is 935 g/mol. The van der Waals surface area contributed by atoms with E-state index < -0.39 is 47.0 Å². The molecule has 3 aromatic heterocycles. The molecule has 4 nitrogen and oxygen atoms in total. The Bertz CT molecular complexity index is 3310. The molecule has 0 unspecified atom stereocenters. The number of aromatic nitrogens is 3. The first-order chi connectivity index (χ1) is 32.2. The molecule has 0 atom stereocenters. The van der Waals surface area contributed by atoms with E-state index in [1.807, 2.05) is 24.3 Å². The lowest BCUT2D eigenvalue weighted by molar-refractivity contribution is -0.138. The first-order valence-electron chi connectivity index (χ1n) is 20.4. The normalized spacial score (nSPS) is 12.7. The quantitative estimate of drug-likeness (QED) is 0.161. The Kier molecular flexibility index (Phi) is 9.99. The van der Waals surface area contributed by atoms with E-state index in [4.69, 9.17) is 4.98 Å². The van der Waals surface area contributed by atoms with E-state index in [0.717, 1.165) is 48.5 Å². The second kappa shape index (κ2) is 15.5. The molecule has 0 aliphatic carbocycles. The second-order valence-electron chi connectivity index (χ2n) is 15.9. The van der Waals surface area contributed by atoms with E-state index in [1.54, 1.807) is 48.5 Å². The Labute approximate surface area is 376 Å². The smallest absolute Gasteiger partial charge is 0.308 e. The van der Waals surface area contributed by atoms with Crippen LogP contribution >= 0.6 is 0 Å². The van der Waals surface area contributed by atoms with Crippen molar-refractivity contribution < 1.29 is 52.7 Å². The summed E-state index contributed by atoms with van der Waals surface area (Å²) in [6.45, 7) is 0. The molecular weight excluding hydrogens is 909 g/mol. The zero-order valence-electron chi connectivity index (χ0n) is 34.3. The summed E-state index contributed by atoms with van der Waals surface area (Å²) in [7, 11) is 0. The Hall–Kier alpha value is -8.06. The second-order valence-corrected chi connectivity index (χ2v) is 15.9. The number of hydrogen-bond acceptors (Lipinski definition) is 2. The Morgan fingerprint density at radius 2 is 0.647 bits per heavy atom. The van der Waals surface area contributed by atoms with Gasteiger partial charge < -0.3 is 9.13 Å². The van der Waals surface area contributed by atoms with E-state index >= 15 is 0 Å². The van der Waals surface area contributed by atoms with Gasteiger partial charge in [-0.2, -0.15) is 57.9 Å². The summed E-state index contributed by atoms with van der Waals surface area (Å²) in [6, 6.07) is 36.6. The van der Waals surface area contributed by atoms with Crippen molar-refractivity contribution in [2.45, 2.75) is 24.7 Å². The standard InChI is InChI=1S/C52H26F12N4/c53-49(54,55)32-11-15-43-36(23-32)37-24-33(50(56,57)58)12-16-44(37)67(43)47-21-31(30-19-41(28-7-3-1-4-8-28)66-42(20-30)29-9-5-2-6-10-29)22-48(40(47)27-65)68-45-17-13-34(51(59,60)61)25-38(45)39-26-35(52(62,63)64)14-18-46(39)68/h1-26H. The number of halogens is 12. The van der Waals surface area contributed by atoms with Crippen LogP contribution in [0.25, 0.3) is 88.6 Å². The SMILES string of the molecule is N#Cc1c(-n2c3ccc(C(F)(F)F)cc3c3cc(C(F)(F)F)ccc32)cc(-c2cc(-c3ccccc3)nc(-c3ccccc3)c2)cc1-n1c2ccc(C(F)(F)F)cc2c2cc(C(F)(F)F)ccc21. The number of nitriles is 1. The van der Waals surface area contributed by atoms with Crippen molar-refractivity contribution in [2.75, 3.05) is 0 Å². The van der Waals surface area contributed by atoms with Gasteiger partial charge in [0.2, 0.25) is 0 Å². The molecule has 3 heterocycles. The van der Waals surface area contributed by atoms with Crippen LogP contribution in [0, 0.1) is 11.3 Å². The predicted molar refractivity (Wildman–Crippen MR) is 234 cm³/mol. The fourth-order valence-electron chi connectivity index (χ4n) is 8.73. The van der Waals surface area contributed by atoms with Crippen LogP contribution in [-0.4, -0.2) is 14.1 Å². The maximum Gasteiger partial charge on any atom is 0.416 e. The average Bonchev–Trinajstić information content (AvgIpc) is 3.81. The third kappa shape index (κ3) is 7.53. The molecule has 10 aromatic rings. The summed E-state index contributed by atoms with van der Waals surface area (Å²) in [6.07, 6.45) is -19.7. The number of fused-ring (bicyclic) bond motifs is 6. The van der Waals surface area contributed by atoms with Gasteiger partial charge in [-0.25, -0.2) is 4.98 Å². The van der Waals surface area contributed by atoms with E-state index in [0.29, 0.717) is 52.3 Å². The minimum Gasteiger partial charge on any atom is -0.308 e. The molecule has 0 aliphatic rings. The summed E-state index contributed by atoms with van der Waals surface area (Å²) in [5, 5.41) is 10.2. The maximum atomic E-state index is 14.3. The first kappa shape index (κ1) is 43.8. The molecule has 0 saturated carbocycles. The minimum atomic E-state index is -4.92. The van der Waals surface area contributed by atoms with E-state index in [-0.39, 0.29) is 66.1 Å². The Balaban J connectivity index is 1.38. The largest absolute Gasteiger partial charge is 0.416 e. The van der Waals surface area contributed by atoms with Crippen molar-refractivity contribution in [3.8, 4) is 51.1 Å². The van der Waals surface area contributed by atoms with Crippen molar-refractivity contribution >= 4 is 43.6 Å². The molecule has 0 radical (unpaired) electrons. The summed E-state index contributed by atoms with van der Waals surface area (Å²) in [5.74, 6) is 0. The highest BCUT2D eigenvalue weighted by atomic mass is 19.4. The zero-order chi connectivity index (χ0) is 48.1. The van der Waals surface area contributed by atoms with Gasteiger partial charge in [0.05, 0.1) is 67.1 Å². The van der Waals surface area contributed by atoms with Gasteiger partial charge in [-0.1, -0.05) is 60.7 Å². The van der Waals surface area contributed by atoms with Crippen LogP contribution in [0.3, 0.4) is 0 Å². The molecule has 0 bridgehead atoms. The fraction of sp³-hybridized carbons (Fsp3) is 0.0769. The highest BCUT2D eigenvalue weighted by Gasteiger charge is 2.36. The molecule has 0 amide bonds. The van der Waals surface area contributed by atoms with E-state index in [1.165, 1.54) is 21.3 Å². The van der Waals surface area contributed by atoms with Gasteiger partial charge in [0.15, 0.2) is 0 Å². The Morgan fingerprint density at radius 3 is 0.926 bits per heavy atom. The van der Waals surface area contributed by atoms with Gasteiger partial charge in [0.1, 0.15) is 11.6 Å². The van der Waals surface area contributed by atoms with Gasteiger partial charge in [-0.15, -0.1) is 0 Å². The third-order valence-corrected chi connectivity index (χ3v) is 11.8. The third-order valence-electron chi connectivity index (χ3n) is 11.8. The summed E-state index contributed by atoms with van der Waals surface area (Å²) in [4.78, 5) is 4.92. The van der Waals surface area contributed by atoms with Crippen molar-refractivity contribution in [3.05, 3.63) is 186 Å². The van der Waals surface area contributed by atoms with Gasteiger partial charge in [0, 0.05) is 32.7 Å². The molecule has 0 fully saturated rings. The fourth-order valence-corrected chi connectivity index (χ4v) is 8.73. The van der Waals surface area contributed by atoms with Gasteiger partial charge in [-0.05, 0) is 108 Å². The van der Waals surface area contributed by atoms with Crippen molar-refractivity contribution in [1.29, 1.82) is 5.26 Å². The number of hydrogen-bond donors (Lipinski definition) is 0. The highest BCUT2D eigenvalue weighted by molar-refractivity contribution is 6.12. The minimum absolute atomic E-state index is 0.0523. The van der Waals surface area contributed by atoms with Crippen LogP contribution in [0.15, 0.2) is 158 Å². The molecule has 0 N–H and O–H groups in total. The topological polar surface area (TPSA) is 46.5 Å². The van der Waals surface area contributed by atoms with Crippen molar-refractivity contribution in [1.82, 2.24) is 14.1 Å². The molecule has 0 saturated heterocycles. The van der Waals surface area contributed by atoms with Crippen LogP contribution in [0.2, 0.25) is 0 Å². The number of rotatable bonds is 5. The maximum absolute atomic E-state index is 14.3. The molecule has 68 heavy (non-hydrogen) atoms. The predicted octanol–water partition coefficient (Wildman–Crippen LogP) is 16.2. The summed E-state index contributed by atoms with van der Waals surface area (Å²) < 4.78 is 174. The summed E-state index contributed by atoms with van der Waals surface area (Å²) in [5.41, 5.74) is -2.40. The van der Waals surface area contributed by atoms with Crippen LogP contribution in [0.5, 0.6) is 0 Å². The van der Waals surface area contributed by atoms with Crippen LogP contribution in [0.1, 0.15) is 27.8 Å². The van der Waals surface area contributed by atoms with Gasteiger partial charge in [0.25, 0.3) is 0 Å². The highest BCUT2D eigenvalue weighted by Crippen LogP contribution is 2.45. The Morgan fingerprint density at radius 1 is 0.353 bits per heavy atom. The monoisotopic (exact) mass is 934 g/mol. The van der Waals surface area contributed by atoms with Crippen molar-refractivity contribution in [2.24, 2.45) is 0 Å². The van der Waals surface area contributed by atoms with Crippen LogP contribution < -0.4 is 0 Å². The molecule has 338 valence electrons. The van der Waals surface area contributed by atoms with Crippen LogP contribution in [-0.2, 0) is 24.7 Å². The van der Waals surface area contributed by atoms with Gasteiger partial charge >= 0.3 is 24.7 Å². The zero-order valence-corrected chi connectivity index (χ0v) is 34.3. The number of nitrogens with zero attached hydrogens (tertiary/aromatic N) is 4. The molecule has 10 rings (SSSR count). The lowest BCUT2D eigenvalue weighted by Gasteiger charge is -2.19. The molecule has 0 aliphatic heterocycles. The lowest BCUT2D eigenvalue weighted by Crippen LogP contribution is -2.07. The van der Waals surface area contributed by atoms with E-state index in [9.17, 15) is 57.9 Å². The molecule has 16 heteroatoms. The summed E-state index contributed by atoms with van der Waals surface area (Å²) >= 11 is 0.